The van der Waals surface area contributed by atoms with Crippen LogP contribution in [0.4, 0.5) is 0 Å². The molecule has 2 aromatic heterocycles. The van der Waals surface area contributed by atoms with Crippen LogP contribution in [0.5, 0.6) is 0 Å². The Bertz CT molecular complexity index is 1080. The average Bonchev–Trinajstić information content (AvgIpc) is 2.66. The first-order valence-electron chi connectivity index (χ1n) is 7.60. The predicted molar refractivity (Wildman–Crippen MR) is 95.8 cm³/mol. The summed E-state index contributed by atoms with van der Waals surface area (Å²) >= 11 is 5.82. The van der Waals surface area contributed by atoms with Gasteiger partial charge in [-0.15, -0.1) is 10.2 Å². The van der Waals surface area contributed by atoms with E-state index in [9.17, 15) is 9.59 Å². The van der Waals surface area contributed by atoms with Gasteiger partial charge in [-0.1, -0.05) is 35.6 Å². The summed E-state index contributed by atoms with van der Waals surface area (Å²) in [6, 6.07) is 10.2. The van der Waals surface area contributed by atoms with Crippen LogP contribution in [0.25, 0.3) is 5.65 Å². The van der Waals surface area contributed by atoms with Crippen molar-refractivity contribution in [2.45, 2.75) is 6.54 Å². The predicted octanol–water partition coefficient (Wildman–Crippen LogP) is 1.02. The van der Waals surface area contributed by atoms with E-state index >= 15 is 0 Å². The fraction of sp³-hybridized carbons (Fsp3) is 0.111. The molecule has 0 unspecified atom stereocenters. The van der Waals surface area contributed by atoms with Crippen LogP contribution in [0.15, 0.2) is 47.4 Å². The second-order valence-electron chi connectivity index (χ2n) is 5.27. The van der Waals surface area contributed by atoms with Gasteiger partial charge in [0.05, 0.1) is 0 Å². The Hall–Kier alpha value is -3.21. The molecule has 0 atom stereocenters. The monoisotopic (exact) mass is 368 g/mol. The molecule has 0 fully saturated rings. The zero-order valence-electron chi connectivity index (χ0n) is 13.4. The van der Waals surface area contributed by atoms with Crippen molar-refractivity contribution in [3.05, 3.63) is 74.8 Å². The standard InChI is InChI=1S/C18H13ClN4O3/c19-14-6-3-12(4-7-14)10-20-17(25)16-18(26)23-11-13(2-1-9-24)5-8-15(23)21-22-16/h3-8,11,24H,9-10H2,(H,20,25). The molecule has 8 heteroatoms. The van der Waals surface area contributed by atoms with Crippen molar-refractivity contribution in [2.24, 2.45) is 0 Å². The highest BCUT2D eigenvalue weighted by atomic mass is 35.5. The number of fused-ring (bicyclic) bond motifs is 1. The number of hydrogen-bond donors (Lipinski definition) is 2. The molecule has 0 aliphatic rings. The van der Waals surface area contributed by atoms with Gasteiger partial charge in [-0.2, -0.15) is 0 Å². The number of nitrogens with zero attached hydrogens (tertiary/aromatic N) is 3. The maximum Gasteiger partial charge on any atom is 0.289 e. The Morgan fingerprint density at radius 1 is 1.19 bits per heavy atom. The van der Waals surface area contributed by atoms with Crippen LogP contribution in [-0.2, 0) is 6.54 Å². The summed E-state index contributed by atoms with van der Waals surface area (Å²) < 4.78 is 1.20. The minimum atomic E-state index is -0.626. The van der Waals surface area contributed by atoms with E-state index in [4.69, 9.17) is 16.7 Å². The van der Waals surface area contributed by atoms with E-state index in [2.05, 4.69) is 27.4 Å². The van der Waals surface area contributed by atoms with E-state index in [1.54, 1.807) is 36.4 Å². The lowest BCUT2D eigenvalue weighted by Gasteiger charge is -2.06. The highest BCUT2D eigenvalue weighted by Gasteiger charge is 2.15. The molecule has 0 saturated carbocycles. The van der Waals surface area contributed by atoms with Gasteiger partial charge < -0.3 is 10.4 Å². The second kappa shape index (κ2) is 7.78. The van der Waals surface area contributed by atoms with Gasteiger partial charge in [-0.3, -0.25) is 14.0 Å². The van der Waals surface area contributed by atoms with Gasteiger partial charge in [0, 0.05) is 23.3 Å². The van der Waals surface area contributed by atoms with Crippen molar-refractivity contribution in [3.63, 3.8) is 0 Å². The van der Waals surface area contributed by atoms with Crippen LogP contribution in [0.1, 0.15) is 21.6 Å². The normalized spacial score (nSPS) is 10.2. The molecule has 3 aromatic rings. The van der Waals surface area contributed by atoms with Gasteiger partial charge in [0.1, 0.15) is 6.61 Å². The smallest absolute Gasteiger partial charge is 0.289 e. The maximum absolute atomic E-state index is 12.5. The number of aliphatic hydroxyl groups excluding tert-OH is 1. The van der Waals surface area contributed by atoms with E-state index < -0.39 is 11.5 Å². The first-order valence-corrected chi connectivity index (χ1v) is 7.98. The lowest BCUT2D eigenvalue weighted by atomic mass is 10.2. The van der Waals surface area contributed by atoms with Crippen LogP contribution in [0.2, 0.25) is 5.02 Å². The van der Waals surface area contributed by atoms with E-state index in [0.29, 0.717) is 16.2 Å². The summed E-state index contributed by atoms with van der Waals surface area (Å²) in [5.41, 5.74) is 0.714. The van der Waals surface area contributed by atoms with Crippen molar-refractivity contribution in [1.29, 1.82) is 0 Å². The molecule has 3 rings (SSSR count). The second-order valence-corrected chi connectivity index (χ2v) is 5.71. The Morgan fingerprint density at radius 3 is 2.69 bits per heavy atom. The molecule has 0 bridgehead atoms. The Kier molecular flexibility index (Phi) is 5.27. The van der Waals surface area contributed by atoms with E-state index in [1.165, 1.54) is 10.6 Å². The zero-order valence-corrected chi connectivity index (χ0v) is 14.2. The van der Waals surface area contributed by atoms with E-state index in [-0.39, 0.29) is 18.8 Å². The number of carbonyl (C=O) groups excluding carboxylic acids is 1. The zero-order chi connectivity index (χ0) is 18.5. The number of halogens is 1. The molecular weight excluding hydrogens is 356 g/mol. The number of aliphatic hydroxyl groups is 1. The van der Waals surface area contributed by atoms with E-state index in [1.807, 2.05) is 0 Å². The third kappa shape index (κ3) is 3.88. The van der Waals surface area contributed by atoms with Crippen LogP contribution in [0.3, 0.4) is 0 Å². The number of aromatic nitrogens is 3. The molecule has 0 radical (unpaired) electrons. The quantitative estimate of drug-likeness (QED) is 0.673. The van der Waals surface area contributed by atoms with Crippen molar-refractivity contribution in [3.8, 4) is 11.8 Å². The summed E-state index contributed by atoms with van der Waals surface area (Å²) in [4.78, 5) is 24.8. The van der Waals surface area contributed by atoms with Crippen molar-refractivity contribution >= 4 is 23.2 Å². The topological polar surface area (TPSA) is 96.6 Å². The first kappa shape index (κ1) is 17.6. The number of carbonyl (C=O) groups is 1. The number of hydrogen-bond acceptors (Lipinski definition) is 5. The largest absolute Gasteiger partial charge is 0.384 e. The summed E-state index contributed by atoms with van der Waals surface area (Å²) in [6.07, 6.45) is 1.45. The minimum absolute atomic E-state index is 0.224. The molecular formula is C18H13ClN4O3. The number of benzene rings is 1. The van der Waals surface area contributed by atoms with Crippen molar-refractivity contribution in [1.82, 2.24) is 19.9 Å². The highest BCUT2D eigenvalue weighted by Crippen LogP contribution is 2.09. The van der Waals surface area contributed by atoms with Crippen LogP contribution in [-0.4, -0.2) is 32.2 Å². The van der Waals surface area contributed by atoms with Gasteiger partial charge in [-0.25, -0.2) is 0 Å². The van der Waals surface area contributed by atoms with Gasteiger partial charge in [0.15, 0.2) is 5.65 Å². The molecule has 0 spiro atoms. The molecule has 2 heterocycles. The number of amides is 1. The lowest BCUT2D eigenvalue weighted by molar-refractivity contribution is 0.0943. The number of pyridine rings is 1. The SMILES string of the molecule is O=C(NCc1ccc(Cl)cc1)c1nnc2ccc(C#CCO)cn2c1=O. The molecule has 1 amide bonds. The molecule has 0 saturated heterocycles. The molecule has 1 aromatic carbocycles. The fourth-order valence-corrected chi connectivity index (χ4v) is 2.35. The highest BCUT2D eigenvalue weighted by molar-refractivity contribution is 6.30. The molecule has 0 aliphatic carbocycles. The molecule has 130 valence electrons. The summed E-state index contributed by atoms with van der Waals surface area (Å²) in [5, 5.41) is 19.6. The van der Waals surface area contributed by atoms with Gasteiger partial charge in [-0.05, 0) is 29.8 Å². The lowest BCUT2D eigenvalue weighted by Crippen LogP contribution is -2.33. The van der Waals surface area contributed by atoms with Crippen LogP contribution < -0.4 is 10.9 Å². The average molecular weight is 369 g/mol. The van der Waals surface area contributed by atoms with Crippen molar-refractivity contribution < 1.29 is 9.90 Å². The summed E-state index contributed by atoms with van der Waals surface area (Å²) in [5.74, 6) is 4.56. The number of nitrogens with one attached hydrogen (secondary N) is 1. The van der Waals surface area contributed by atoms with Gasteiger partial charge in [0.25, 0.3) is 11.5 Å². The van der Waals surface area contributed by atoms with Gasteiger partial charge >= 0.3 is 0 Å². The summed E-state index contributed by atoms with van der Waals surface area (Å²) in [6.45, 7) is -0.0677. The molecule has 0 aliphatic heterocycles. The molecule has 26 heavy (non-hydrogen) atoms. The van der Waals surface area contributed by atoms with Crippen molar-refractivity contribution in [2.75, 3.05) is 6.61 Å². The summed E-state index contributed by atoms with van der Waals surface area (Å²) in [7, 11) is 0. The minimum Gasteiger partial charge on any atom is -0.384 e. The molecule has 2 N–H and O–H groups in total. The fourth-order valence-electron chi connectivity index (χ4n) is 2.22. The maximum atomic E-state index is 12.5. The van der Waals surface area contributed by atoms with Crippen LogP contribution in [0, 0.1) is 11.8 Å². The van der Waals surface area contributed by atoms with Crippen LogP contribution >= 0.6 is 11.6 Å². The number of rotatable bonds is 3. The Morgan fingerprint density at radius 2 is 1.96 bits per heavy atom. The molecule has 7 nitrogen and oxygen atoms in total. The van der Waals surface area contributed by atoms with E-state index in [0.717, 1.165) is 5.56 Å². The first-order chi connectivity index (χ1) is 12.6. The third-order valence-corrected chi connectivity index (χ3v) is 3.75. The third-order valence-electron chi connectivity index (χ3n) is 3.49. The Labute approximate surface area is 153 Å². The Balaban J connectivity index is 1.86. The van der Waals surface area contributed by atoms with Gasteiger partial charge in [0.2, 0.25) is 5.69 Å².